The molecule has 1 fully saturated rings. The Morgan fingerprint density at radius 2 is 1.83 bits per heavy atom. The zero-order chi connectivity index (χ0) is 9.14. The lowest BCUT2D eigenvalue weighted by atomic mass is 9.69. The molecule has 0 bridgehead atoms. The zero-order valence-corrected chi connectivity index (χ0v) is 9.14. The fourth-order valence-electron chi connectivity index (χ4n) is 2.20. The van der Waals surface area contributed by atoms with Crippen LogP contribution >= 0.6 is 0 Å². The van der Waals surface area contributed by atoms with Crippen LogP contribution in [-0.2, 0) is 0 Å². The lowest BCUT2D eigenvalue weighted by molar-refractivity contribution is 0.143. The predicted molar refractivity (Wildman–Crippen MR) is 55.1 cm³/mol. The summed E-state index contributed by atoms with van der Waals surface area (Å²) in [7, 11) is 0. The van der Waals surface area contributed by atoms with E-state index in [1.807, 2.05) is 0 Å². The van der Waals surface area contributed by atoms with Gasteiger partial charge in [0.05, 0.1) is 0 Å². The first kappa shape index (κ1) is 10.1. The molecule has 0 aliphatic heterocycles. The van der Waals surface area contributed by atoms with E-state index in [9.17, 15) is 0 Å². The zero-order valence-electron chi connectivity index (χ0n) is 9.14. The molecule has 72 valence electrons. The summed E-state index contributed by atoms with van der Waals surface area (Å²) in [6.45, 7) is 9.55. The molecule has 1 rings (SSSR count). The van der Waals surface area contributed by atoms with Crippen molar-refractivity contribution in [1.29, 1.82) is 0 Å². The smallest absolute Gasteiger partial charge is 0.0386 e. The molecule has 0 aromatic rings. The van der Waals surface area contributed by atoms with Crippen LogP contribution in [0.25, 0.3) is 0 Å². The second-order valence-electron chi connectivity index (χ2n) is 4.91. The maximum atomic E-state index is 2.43. The van der Waals surface area contributed by atoms with E-state index < -0.39 is 0 Å². The van der Waals surface area contributed by atoms with Crippen molar-refractivity contribution >= 4 is 0 Å². The van der Waals surface area contributed by atoms with Crippen molar-refractivity contribution in [2.75, 3.05) is 0 Å². The van der Waals surface area contributed by atoms with Crippen molar-refractivity contribution < 1.29 is 0 Å². The topological polar surface area (TPSA) is 0 Å². The first-order valence-electron chi connectivity index (χ1n) is 5.65. The largest absolute Gasteiger partial charge is 0.0651 e. The maximum absolute atomic E-state index is 2.43. The summed E-state index contributed by atoms with van der Waals surface area (Å²) < 4.78 is 0. The van der Waals surface area contributed by atoms with Crippen LogP contribution in [0.4, 0.5) is 0 Å². The molecule has 0 nitrogen and oxygen atoms in total. The van der Waals surface area contributed by atoms with Gasteiger partial charge in [-0.05, 0) is 36.5 Å². The molecule has 1 saturated carbocycles. The molecule has 0 heterocycles. The molecule has 4 atom stereocenters. The monoisotopic (exact) mass is 168 g/mol. The molecule has 4 unspecified atom stereocenters. The van der Waals surface area contributed by atoms with E-state index in [1.54, 1.807) is 0 Å². The molecule has 0 saturated heterocycles. The van der Waals surface area contributed by atoms with Crippen molar-refractivity contribution in [2.24, 2.45) is 23.7 Å². The highest BCUT2D eigenvalue weighted by Crippen LogP contribution is 2.39. The normalized spacial score (nSPS) is 34.0. The third-order valence-electron chi connectivity index (χ3n) is 4.09. The van der Waals surface area contributed by atoms with Crippen LogP contribution in [0.3, 0.4) is 0 Å². The van der Waals surface area contributed by atoms with E-state index >= 15 is 0 Å². The summed E-state index contributed by atoms with van der Waals surface area (Å²) in [6.07, 6.45) is 5.82. The first-order valence-corrected chi connectivity index (χ1v) is 5.65. The van der Waals surface area contributed by atoms with E-state index in [-0.39, 0.29) is 0 Å². The maximum Gasteiger partial charge on any atom is -0.0386 e. The second-order valence-corrected chi connectivity index (χ2v) is 4.91. The van der Waals surface area contributed by atoms with E-state index in [0.717, 1.165) is 23.7 Å². The minimum Gasteiger partial charge on any atom is -0.0651 e. The molecule has 0 N–H and O–H groups in total. The average Bonchev–Trinajstić information content (AvgIpc) is 2.09. The van der Waals surface area contributed by atoms with Crippen LogP contribution in [0.1, 0.15) is 53.4 Å². The van der Waals surface area contributed by atoms with Crippen molar-refractivity contribution in [3.05, 3.63) is 0 Å². The van der Waals surface area contributed by atoms with Crippen LogP contribution in [0.5, 0.6) is 0 Å². The Morgan fingerprint density at radius 3 is 2.17 bits per heavy atom. The molecular weight excluding hydrogens is 144 g/mol. The first-order chi connectivity index (χ1) is 5.65. The van der Waals surface area contributed by atoms with Crippen LogP contribution in [-0.4, -0.2) is 0 Å². The van der Waals surface area contributed by atoms with Gasteiger partial charge in [0.25, 0.3) is 0 Å². The molecule has 12 heavy (non-hydrogen) atoms. The highest BCUT2D eigenvalue weighted by Gasteiger charge is 2.28. The Bertz CT molecular complexity index is 128. The van der Waals surface area contributed by atoms with Crippen molar-refractivity contribution in [1.82, 2.24) is 0 Å². The van der Waals surface area contributed by atoms with E-state index in [2.05, 4.69) is 27.7 Å². The van der Waals surface area contributed by atoms with Gasteiger partial charge in [-0.2, -0.15) is 0 Å². The minimum absolute atomic E-state index is 0.929. The van der Waals surface area contributed by atoms with Gasteiger partial charge in [0.2, 0.25) is 0 Å². The van der Waals surface area contributed by atoms with E-state index in [1.165, 1.54) is 25.7 Å². The van der Waals surface area contributed by atoms with Gasteiger partial charge in [0, 0.05) is 0 Å². The summed E-state index contributed by atoms with van der Waals surface area (Å²) in [4.78, 5) is 0. The molecule has 0 radical (unpaired) electrons. The second kappa shape index (κ2) is 4.30. The molecule has 1 aliphatic carbocycles. The third-order valence-corrected chi connectivity index (χ3v) is 4.09. The molecular formula is C12H24. The van der Waals surface area contributed by atoms with Gasteiger partial charge < -0.3 is 0 Å². The predicted octanol–water partition coefficient (Wildman–Crippen LogP) is 4.10. The number of hydrogen-bond donors (Lipinski definition) is 0. The summed E-state index contributed by atoms with van der Waals surface area (Å²) in [5.74, 6) is 3.96. The number of hydrogen-bond acceptors (Lipinski definition) is 0. The Balaban J connectivity index is 2.21. The van der Waals surface area contributed by atoms with Gasteiger partial charge in [-0.25, -0.2) is 0 Å². The Kier molecular flexibility index (Phi) is 3.61. The van der Waals surface area contributed by atoms with Gasteiger partial charge in [0.15, 0.2) is 0 Å². The summed E-state index contributed by atoms with van der Waals surface area (Å²) >= 11 is 0. The summed E-state index contributed by atoms with van der Waals surface area (Å²) in [5, 5.41) is 0. The highest BCUT2D eigenvalue weighted by molar-refractivity contribution is 4.79. The highest BCUT2D eigenvalue weighted by atomic mass is 14.3. The SMILES string of the molecule is CCC(C)C(C)CC1CCC1C. The quantitative estimate of drug-likeness (QED) is 0.592. The van der Waals surface area contributed by atoms with Crippen LogP contribution in [0.15, 0.2) is 0 Å². The Labute approximate surface area is 77.7 Å². The molecule has 0 heteroatoms. The lowest BCUT2D eigenvalue weighted by Crippen LogP contribution is -2.26. The molecule has 0 spiro atoms. The van der Waals surface area contributed by atoms with Gasteiger partial charge in [-0.1, -0.05) is 40.5 Å². The lowest BCUT2D eigenvalue weighted by Gasteiger charge is -2.37. The molecule has 1 aliphatic rings. The van der Waals surface area contributed by atoms with Crippen molar-refractivity contribution in [2.45, 2.75) is 53.4 Å². The Morgan fingerprint density at radius 1 is 1.17 bits per heavy atom. The summed E-state index contributed by atoms with van der Waals surface area (Å²) in [5.41, 5.74) is 0. The fourth-order valence-corrected chi connectivity index (χ4v) is 2.20. The van der Waals surface area contributed by atoms with E-state index in [4.69, 9.17) is 0 Å². The van der Waals surface area contributed by atoms with Crippen molar-refractivity contribution in [3.63, 3.8) is 0 Å². The number of rotatable bonds is 4. The molecule has 0 amide bonds. The van der Waals surface area contributed by atoms with Gasteiger partial charge in [0.1, 0.15) is 0 Å². The summed E-state index contributed by atoms with van der Waals surface area (Å²) in [6, 6.07) is 0. The van der Waals surface area contributed by atoms with Gasteiger partial charge >= 0.3 is 0 Å². The standard InChI is InChI=1S/C12H24/c1-5-9(2)11(4)8-12-7-6-10(12)3/h9-12H,5-8H2,1-4H3. The minimum atomic E-state index is 0.929. The third kappa shape index (κ3) is 2.24. The van der Waals surface area contributed by atoms with Gasteiger partial charge in [-0.3, -0.25) is 0 Å². The van der Waals surface area contributed by atoms with E-state index in [0.29, 0.717) is 0 Å². The van der Waals surface area contributed by atoms with Crippen LogP contribution in [0.2, 0.25) is 0 Å². The fraction of sp³-hybridized carbons (Fsp3) is 1.00. The van der Waals surface area contributed by atoms with Crippen molar-refractivity contribution in [3.8, 4) is 0 Å². The van der Waals surface area contributed by atoms with Crippen LogP contribution < -0.4 is 0 Å². The van der Waals surface area contributed by atoms with Crippen LogP contribution in [0, 0.1) is 23.7 Å². The Hall–Kier alpha value is 0. The average molecular weight is 168 g/mol. The van der Waals surface area contributed by atoms with Gasteiger partial charge in [-0.15, -0.1) is 0 Å². The molecule has 0 aromatic heterocycles. The molecule has 0 aromatic carbocycles.